The second-order valence-electron chi connectivity index (χ2n) is 6.25. The van der Waals surface area contributed by atoms with Crippen LogP contribution in [-0.2, 0) is 11.3 Å². The quantitative estimate of drug-likeness (QED) is 0.848. The van der Waals surface area contributed by atoms with Crippen molar-refractivity contribution < 1.29 is 4.74 Å². The number of rotatable bonds is 5. The molecular formula is C15H27N3OS. The number of hydrogen-bond acceptors (Lipinski definition) is 5. The maximum absolute atomic E-state index is 5.96. The lowest BCUT2D eigenvalue weighted by molar-refractivity contribution is -0.0749. The molecule has 0 spiro atoms. The maximum atomic E-state index is 5.96. The van der Waals surface area contributed by atoms with Gasteiger partial charge in [0.25, 0.3) is 0 Å². The van der Waals surface area contributed by atoms with Gasteiger partial charge in [0.05, 0.1) is 17.4 Å². The Morgan fingerprint density at radius 1 is 1.50 bits per heavy atom. The van der Waals surface area contributed by atoms with E-state index in [-0.39, 0.29) is 11.7 Å². The molecule has 114 valence electrons. The van der Waals surface area contributed by atoms with E-state index < -0.39 is 0 Å². The lowest BCUT2D eigenvalue weighted by atomic mass is 10.1. The summed E-state index contributed by atoms with van der Waals surface area (Å²) in [4.78, 5) is 8.48. The number of nitrogens with one attached hydrogen (secondary N) is 1. The van der Waals surface area contributed by atoms with E-state index in [4.69, 9.17) is 9.72 Å². The van der Waals surface area contributed by atoms with E-state index in [0.717, 1.165) is 37.0 Å². The van der Waals surface area contributed by atoms with Crippen LogP contribution in [-0.4, -0.2) is 36.3 Å². The van der Waals surface area contributed by atoms with Crippen molar-refractivity contribution in [2.75, 3.05) is 24.5 Å². The van der Waals surface area contributed by atoms with E-state index in [1.165, 1.54) is 11.3 Å². The van der Waals surface area contributed by atoms with E-state index in [1.807, 2.05) is 11.3 Å². The van der Waals surface area contributed by atoms with E-state index in [1.54, 1.807) is 0 Å². The van der Waals surface area contributed by atoms with Crippen LogP contribution < -0.4 is 10.2 Å². The van der Waals surface area contributed by atoms with Gasteiger partial charge in [-0.1, -0.05) is 6.92 Å². The fourth-order valence-corrected chi connectivity index (χ4v) is 3.73. The molecule has 20 heavy (non-hydrogen) atoms. The highest BCUT2D eigenvalue weighted by molar-refractivity contribution is 7.15. The van der Waals surface area contributed by atoms with Crippen molar-refractivity contribution >= 4 is 16.5 Å². The van der Waals surface area contributed by atoms with Crippen LogP contribution in [0, 0.1) is 6.92 Å². The standard InChI is InChI=1S/C15H27N3OS/c1-6-7-16-8-13-12(3)17-14(20-13)18-9-11(2)19-15(4,5)10-18/h11,16H,6-10H2,1-5H3. The van der Waals surface area contributed by atoms with Crippen LogP contribution in [0.25, 0.3) is 0 Å². The van der Waals surface area contributed by atoms with Gasteiger partial charge in [0.15, 0.2) is 5.13 Å². The molecule has 0 aromatic carbocycles. The lowest BCUT2D eigenvalue weighted by Crippen LogP contribution is -2.52. The molecule has 0 bridgehead atoms. The molecule has 1 aromatic heterocycles. The van der Waals surface area contributed by atoms with Crippen molar-refractivity contribution in [1.29, 1.82) is 0 Å². The van der Waals surface area contributed by atoms with Gasteiger partial charge in [-0.2, -0.15) is 0 Å². The number of anilines is 1. The van der Waals surface area contributed by atoms with Crippen molar-refractivity contribution in [3.8, 4) is 0 Å². The van der Waals surface area contributed by atoms with E-state index in [2.05, 4.69) is 44.8 Å². The zero-order chi connectivity index (χ0) is 14.8. The molecule has 0 aliphatic carbocycles. The first-order valence-electron chi connectivity index (χ1n) is 7.51. The van der Waals surface area contributed by atoms with Crippen LogP contribution in [0.5, 0.6) is 0 Å². The minimum Gasteiger partial charge on any atom is -0.369 e. The van der Waals surface area contributed by atoms with Crippen molar-refractivity contribution in [3.05, 3.63) is 10.6 Å². The van der Waals surface area contributed by atoms with Crippen LogP contribution in [0.4, 0.5) is 5.13 Å². The molecule has 4 nitrogen and oxygen atoms in total. The smallest absolute Gasteiger partial charge is 0.186 e. The van der Waals surface area contributed by atoms with Crippen LogP contribution in [0.15, 0.2) is 0 Å². The van der Waals surface area contributed by atoms with E-state index in [9.17, 15) is 0 Å². The summed E-state index contributed by atoms with van der Waals surface area (Å²) in [5, 5.41) is 4.60. The Morgan fingerprint density at radius 3 is 2.90 bits per heavy atom. The van der Waals surface area contributed by atoms with Gasteiger partial charge in [-0.05, 0) is 40.7 Å². The summed E-state index contributed by atoms with van der Waals surface area (Å²) in [5.41, 5.74) is 1.06. The summed E-state index contributed by atoms with van der Waals surface area (Å²) >= 11 is 1.82. The largest absolute Gasteiger partial charge is 0.369 e. The molecule has 0 radical (unpaired) electrons. The predicted octanol–water partition coefficient (Wildman–Crippen LogP) is 2.95. The molecule has 1 saturated heterocycles. The monoisotopic (exact) mass is 297 g/mol. The van der Waals surface area contributed by atoms with Crippen molar-refractivity contribution in [2.24, 2.45) is 0 Å². The first-order valence-corrected chi connectivity index (χ1v) is 8.32. The van der Waals surface area contributed by atoms with Crippen molar-refractivity contribution in [1.82, 2.24) is 10.3 Å². The highest BCUT2D eigenvalue weighted by Crippen LogP contribution is 2.31. The maximum Gasteiger partial charge on any atom is 0.186 e. The van der Waals surface area contributed by atoms with Gasteiger partial charge in [-0.3, -0.25) is 0 Å². The Balaban J connectivity index is 2.07. The summed E-state index contributed by atoms with van der Waals surface area (Å²) in [5.74, 6) is 0. The molecule has 5 heteroatoms. The van der Waals surface area contributed by atoms with Crippen LogP contribution in [0.1, 0.15) is 44.7 Å². The highest BCUT2D eigenvalue weighted by Gasteiger charge is 2.32. The molecule has 1 atom stereocenters. The molecular weight excluding hydrogens is 270 g/mol. The molecule has 0 saturated carbocycles. The number of thiazole rings is 1. The highest BCUT2D eigenvalue weighted by atomic mass is 32.1. The van der Waals surface area contributed by atoms with Crippen LogP contribution >= 0.6 is 11.3 Å². The molecule has 1 unspecified atom stereocenters. The average Bonchev–Trinajstić information content (AvgIpc) is 2.69. The Labute approximate surface area is 126 Å². The lowest BCUT2D eigenvalue weighted by Gasteiger charge is -2.41. The molecule has 1 aliphatic heterocycles. The molecule has 0 amide bonds. The van der Waals surface area contributed by atoms with E-state index >= 15 is 0 Å². The summed E-state index contributed by atoms with van der Waals surface area (Å²) in [6.45, 7) is 14.6. The minimum absolute atomic E-state index is 0.0993. The second-order valence-corrected chi connectivity index (χ2v) is 7.31. The summed E-state index contributed by atoms with van der Waals surface area (Å²) in [6.07, 6.45) is 1.42. The molecule has 1 fully saturated rings. The van der Waals surface area contributed by atoms with Crippen LogP contribution in [0.2, 0.25) is 0 Å². The number of nitrogens with zero attached hydrogens (tertiary/aromatic N) is 2. The average molecular weight is 297 g/mol. The minimum atomic E-state index is -0.0993. The third kappa shape index (κ3) is 3.93. The fraction of sp³-hybridized carbons (Fsp3) is 0.800. The van der Waals surface area contributed by atoms with Gasteiger partial charge >= 0.3 is 0 Å². The van der Waals surface area contributed by atoms with Gasteiger partial charge in [0.1, 0.15) is 0 Å². The number of ether oxygens (including phenoxy) is 1. The zero-order valence-corrected chi connectivity index (χ0v) is 14.1. The molecule has 2 rings (SSSR count). The SMILES string of the molecule is CCCNCc1sc(N2CC(C)OC(C)(C)C2)nc1C. The predicted molar refractivity (Wildman–Crippen MR) is 85.7 cm³/mol. The first-order chi connectivity index (χ1) is 9.41. The number of morpholine rings is 1. The number of aryl methyl sites for hydroxylation is 1. The molecule has 1 aliphatic rings. The van der Waals surface area contributed by atoms with Gasteiger partial charge in [0, 0.05) is 24.5 Å². The molecule has 2 heterocycles. The number of aromatic nitrogens is 1. The topological polar surface area (TPSA) is 37.4 Å². The normalized spacial score (nSPS) is 22.2. The van der Waals surface area contributed by atoms with Gasteiger partial charge < -0.3 is 15.0 Å². The van der Waals surface area contributed by atoms with Crippen molar-refractivity contribution in [3.63, 3.8) is 0 Å². The third-order valence-electron chi connectivity index (χ3n) is 3.43. The van der Waals surface area contributed by atoms with Crippen molar-refractivity contribution in [2.45, 2.75) is 59.3 Å². The third-order valence-corrected chi connectivity index (χ3v) is 4.65. The second kappa shape index (κ2) is 6.41. The Hall–Kier alpha value is -0.650. The van der Waals surface area contributed by atoms with Crippen LogP contribution in [0.3, 0.4) is 0 Å². The van der Waals surface area contributed by atoms with Gasteiger partial charge in [-0.25, -0.2) is 4.98 Å². The number of hydrogen-bond donors (Lipinski definition) is 1. The molecule has 1 N–H and O–H groups in total. The Morgan fingerprint density at radius 2 is 2.25 bits per heavy atom. The first kappa shape index (κ1) is 15.7. The summed E-state index contributed by atoms with van der Waals surface area (Å²) in [6, 6.07) is 0. The molecule has 1 aromatic rings. The zero-order valence-electron chi connectivity index (χ0n) is 13.3. The fourth-order valence-electron chi connectivity index (χ4n) is 2.69. The summed E-state index contributed by atoms with van der Waals surface area (Å²) < 4.78 is 5.96. The summed E-state index contributed by atoms with van der Waals surface area (Å²) in [7, 11) is 0. The Bertz CT molecular complexity index is 444. The Kier molecular flexibility index (Phi) is 5.04. The van der Waals surface area contributed by atoms with E-state index in [0.29, 0.717) is 0 Å². The van der Waals surface area contributed by atoms with Gasteiger partial charge in [-0.15, -0.1) is 11.3 Å². The van der Waals surface area contributed by atoms with Gasteiger partial charge in [0.2, 0.25) is 0 Å².